The van der Waals surface area contributed by atoms with E-state index in [-0.39, 0.29) is 5.91 Å². The summed E-state index contributed by atoms with van der Waals surface area (Å²) in [6, 6.07) is 8.04. The molecule has 0 bridgehead atoms. The van der Waals surface area contributed by atoms with Crippen LogP contribution in [0.25, 0.3) is 0 Å². The minimum atomic E-state index is 0.0273. The van der Waals surface area contributed by atoms with Crippen LogP contribution in [0, 0.1) is 0 Å². The molecular formula is C14H22N2O2. The van der Waals surface area contributed by atoms with Crippen molar-refractivity contribution >= 4 is 5.91 Å². The van der Waals surface area contributed by atoms with Gasteiger partial charge in [-0.15, -0.1) is 0 Å². The number of hydrogen-bond acceptors (Lipinski definition) is 3. The molecule has 4 heteroatoms. The Morgan fingerprint density at radius 3 is 2.61 bits per heavy atom. The molecule has 0 aliphatic heterocycles. The van der Waals surface area contributed by atoms with Crippen LogP contribution in [0.3, 0.4) is 0 Å². The third kappa shape index (κ3) is 4.75. The van der Waals surface area contributed by atoms with Gasteiger partial charge in [0, 0.05) is 19.5 Å². The highest BCUT2D eigenvalue weighted by Gasteiger charge is 2.06. The lowest BCUT2D eigenvalue weighted by Gasteiger charge is -2.13. The summed E-state index contributed by atoms with van der Waals surface area (Å²) in [6.45, 7) is 3.24. The molecule has 100 valence electrons. The van der Waals surface area contributed by atoms with E-state index >= 15 is 0 Å². The summed E-state index contributed by atoms with van der Waals surface area (Å²) in [7, 11) is 1.66. The van der Waals surface area contributed by atoms with Crippen LogP contribution in [-0.2, 0) is 4.79 Å². The predicted octanol–water partition coefficient (Wildman–Crippen LogP) is 1.65. The highest BCUT2D eigenvalue weighted by atomic mass is 16.5. The number of amides is 1. The summed E-state index contributed by atoms with van der Waals surface area (Å²) in [5.74, 6) is 1.30. The van der Waals surface area contributed by atoms with E-state index in [9.17, 15) is 4.79 Å². The summed E-state index contributed by atoms with van der Waals surface area (Å²) in [4.78, 5) is 11.2. The highest BCUT2D eigenvalue weighted by Crippen LogP contribution is 2.21. The number of methoxy groups -OCH3 is 1. The van der Waals surface area contributed by atoms with Gasteiger partial charge in [0.05, 0.1) is 7.11 Å². The van der Waals surface area contributed by atoms with Crippen LogP contribution in [0.5, 0.6) is 5.75 Å². The highest BCUT2D eigenvalue weighted by molar-refractivity contribution is 5.75. The van der Waals surface area contributed by atoms with Crippen molar-refractivity contribution in [2.24, 2.45) is 5.73 Å². The van der Waals surface area contributed by atoms with Gasteiger partial charge in [-0.2, -0.15) is 0 Å². The molecule has 1 unspecified atom stereocenters. The van der Waals surface area contributed by atoms with Crippen LogP contribution < -0.4 is 15.8 Å². The zero-order valence-electron chi connectivity index (χ0n) is 11.1. The quantitative estimate of drug-likeness (QED) is 0.773. The van der Waals surface area contributed by atoms with Crippen molar-refractivity contribution in [3.63, 3.8) is 0 Å². The smallest absolute Gasteiger partial charge is 0.221 e. The van der Waals surface area contributed by atoms with E-state index in [0.29, 0.717) is 25.4 Å². The predicted molar refractivity (Wildman–Crippen MR) is 72.7 cm³/mol. The van der Waals surface area contributed by atoms with E-state index in [2.05, 4.69) is 24.4 Å². The van der Waals surface area contributed by atoms with Crippen molar-refractivity contribution in [3.05, 3.63) is 29.8 Å². The standard InChI is InChI=1S/C14H22N2O2/c1-11(8-10-16-14(17)7-9-15)12-3-5-13(18-2)6-4-12/h3-6,11H,7-10,15H2,1-2H3,(H,16,17). The molecule has 1 aromatic carbocycles. The summed E-state index contributed by atoms with van der Waals surface area (Å²) in [6.07, 6.45) is 1.32. The Labute approximate surface area is 109 Å². The molecule has 0 spiro atoms. The molecule has 1 atom stereocenters. The summed E-state index contributed by atoms with van der Waals surface area (Å²) in [5.41, 5.74) is 6.56. The van der Waals surface area contributed by atoms with Crippen molar-refractivity contribution in [2.45, 2.75) is 25.7 Å². The monoisotopic (exact) mass is 250 g/mol. The number of carbonyl (C=O) groups excluding carboxylic acids is 1. The number of ether oxygens (including phenoxy) is 1. The van der Waals surface area contributed by atoms with Crippen LogP contribution in [0.4, 0.5) is 0 Å². The van der Waals surface area contributed by atoms with Gasteiger partial charge in [-0.25, -0.2) is 0 Å². The van der Waals surface area contributed by atoms with E-state index in [0.717, 1.165) is 12.2 Å². The van der Waals surface area contributed by atoms with Gasteiger partial charge < -0.3 is 15.8 Å². The number of nitrogens with one attached hydrogen (secondary N) is 1. The SMILES string of the molecule is COc1ccc(C(C)CCNC(=O)CCN)cc1. The first-order valence-corrected chi connectivity index (χ1v) is 6.28. The maximum Gasteiger partial charge on any atom is 0.221 e. The van der Waals surface area contributed by atoms with Crippen LogP contribution in [0.2, 0.25) is 0 Å². The molecule has 0 aromatic heterocycles. The molecule has 0 aliphatic rings. The number of hydrogen-bond donors (Lipinski definition) is 2. The van der Waals surface area contributed by atoms with Crippen LogP contribution >= 0.6 is 0 Å². The van der Waals surface area contributed by atoms with Crippen LogP contribution in [-0.4, -0.2) is 26.1 Å². The van der Waals surface area contributed by atoms with Gasteiger partial charge in [-0.3, -0.25) is 4.79 Å². The normalized spacial score (nSPS) is 11.9. The molecule has 1 aromatic rings. The largest absolute Gasteiger partial charge is 0.497 e. The van der Waals surface area contributed by atoms with Crippen molar-refractivity contribution in [2.75, 3.05) is 20.2 Å². The topological polar surface area (TPSA) is 64.3 Å². The third-order valence-electron chi connectivity index (χ3n) is 2.96. The van der Waals surface area contributed by atoms with Gasteiger partial charge >= 0.3 is 0 Å². The van der Waals surface area contributed by atoms with Crippen molar-refractivity contribution in [3.8, 4) is 5.75 Å². The minimum absolute atomic E-state index is 0.0273. The summed E-state index contributed by atoms with van der Waals surface area (Å²) >= 11 is 0. The fraction of sp³-hybridized carbons (Fsp3) is 0.500. The third-order valence-corrected chi connectivity index (χ3v) is 2.96. The molecule has 3 N–H and O–H groups in total. The molecule has 0 radical (unpaired) electrons. The lowest BCUT2D eigenvalue weighted by molar-refractivity contribution is -0.120. The van der Waals surface area contributed by atoms with Gasteiger partial charge in [-0.05, 0) is 30.0 Å². The Balaban J connectivity index is 2.35. The molecule has 0 heterocycles. The Kier molecular flexibility index (Phi) is 6.22. The lowest BCUT2D eigenvalue weighted by Crippen LogP contribution is -2.27. The molecule has 1 amide bonds. The first kappa shape index (κ1) is 14.5. The van der Waals surface area contributed by atoms with Gasteiger partial charge in [-0.1, -0.05) is 19.1 Å². The van der Waals surface area contributed by atoms with E-state index in [1.54, 1.807) is 7.11 Å². The summed E-state index contributed by atoms with van der Waals surface area (Å²) in [5, 5.41) is 2.86. The maximum absolute atomic E-state index is 11.2. The van der Waals surface area contributed by atoms with E-state index in [4.69, 9.17) is 10.5 Å². The zero-order valence-corrected chi connectivity index (χ0v) is 11.1. The first-order chi connectivity index (χ1) is 8.67. The number of benzene rings is 1. The van der Waals surface area contributed by atoms with Gasteiger partial charge in [0.25, 0.3) is 0 Å². The maximum atomic E-state index is 11.2. The van der Waals surface area contributed by atoms with Gasteiger partial charge in [0.2, 0.25) is 5.91 Å². The number of carbonyl (C=O) groups is 1. The average Bonchev–Trinajstić information content (AvgIpc) is 2.39. The van der Waals surface area contributed by atoms with E-state index < -0.39 is 0 Å². The fourth-order valence-corrected chi connectivity index (χ4v) is 1.75. The molecule has 1 rings (SSSR count). The molecular weight excluding hydrogens is 228 g/mol. The zero-order chi connectivity index (χ0) is 13.4. The minimum Gasteiger partial charge on any atom is -0.497 e. The molecule has 4 nitrogen and oxygen atoms in total. The second-order valence-corrected chi connectivity index (χ2v) is 4.35. The van der Waals surface area contributed by atoms with Gasteiger partial charge in [0.15, 0.2) is 0 Å². The van der Waals surface area contributed by atoms with E-state index in [1.165, 1.54) is 5.56 Å². The van der Waals surface area contributed by atoms with Gasteiger partial charge in [0.1, 0.15) is 5.75 Å². The van der Waals surface area contributed by atoms with E-state index in [1.807, 2.05) is 12.1 Å². The molecule has 0 saturated heterocycles. The van der Waals surface area contributed by atoms with Crippen molar-refractivity contribution < 1.29 is 9.53 Å². The second kappa shape index (κ2) is 7.71. The Bertz CT molecular complexity index is 363. The number of nitrogens with two attached hydrogens (primary N) is 1. The Morgan fingerprint density at radius 2 is 2.06 bits per heavy atom. The average molecular weight is 250 g/mol. The summed E-state index contributed by atoms with van der Waals surface area (Å²) < 4.78 is 5.12. The molecule has 0 aliphatic carbocycles. The Hall–Kier alpha value is -1.55. The lowest BCUT2D eigenvalue weighted by atomic mass is 9.98. The Morgan fingerprint density at radius 1 is 1.39 bits per heavy atom. The number of rotatable bonds is 7. The van der Waals surface area contributed by atoms with Crippen molar-refractivity contribution in [1.29, 1.82) is 0 Å². The molecule has 0 fully saturated rings. The first-order valence-electron chi connectivity index (χ1n) is 6.28. The second-order valence-electron chi connectivity index (χ2n) is 4.35. The molecule has 0 saturated carbocycles. The van der Waals surface area contributed by atoms with Crippen molar-refractivity contribution in [1.82, 2.24) is 5.32 Å². The fourth-order valence-electron chi connectivity index (χ4n) is 1.75. The molecule has 18 heavy (non-hydrogen) atoms. The van der Waals surface area contributed by atoms with Crippen LogP contribution in [0.1, 0.15) is 31.2 Å². The van der Waals surface area contributed by atoms with Crippen LogP contribution in [0.15, 0.2) is 24.3 Å².